The molecule has 1 atom stereocenters. The molecule has 1 rings (SSSR count). The standard InChI is InChI=1S/C6H8N4O2/c1-4-2-5(9-12-4)6(3-11)8-10-7/h2,6,11H,3H2,1H3. The summed E-state index contributed by atoms with van der Waals surface area (Å²) < 4.78 is 4.75. The predicted octanol–water partition coefficient (Wildman–Crippen LogP) is 1.33. The minimum absolute atomic E-state index is 0.268. The van der Waals surface area contributed by atoms with Gasteiger partial charge in [0.05, 0.1) is 12.3 Å². The van der Waals surface area contributed by atoms with Crippen LogP contribution in [0.15, 0.2) is 15.7 Å². The van der Waals surface area contributed by atoms with E-state index in [9.17, 15) is 0 Å². The average molecular weight is 168 g/mol. The van der Waals surface area contributed by atoms with E-state index in [2.05, 4.69) is 15.2 Å². The molecule has 0 aliphatic heterocycles. The lowest BCUT2D eigenvalue weighted by Crippen LogP contribution is -1.99. The van der Waals surface area contributed by atoms with Crippen molar-refractivity contribution >= 4 is 0 Å². The fourth-order valence-corrected chi connectivity index (χ4v) is 0.794. The molecule has 64 valence electrons. The largest absolute Gasteiger partial charge is 0.396 e. The van der Waals surface area contributed by atoms with E-state index in [0.29, 0.717) is 11.5 Å². The van der Waals surface area contributed by atoms with E-state index in [1.54, 1.807) is 13.0 Å². The van der Waals surface area contributed by atoms with Crippen LogP contribution in [0.2, 0.25) is 0 Å². The number of nitrogens with zero attached hydrogens (tertiary/aromatic N) is 4. The Kier molecular flexibility index (Phi) is 2.68. The number of hydrogen-bond acceptors (Lipinski definition) is 4. The van der Waals surface area contributed by atoms with Crippen LogP contribution in [-0.2, 0) is 0 Å². The maximum absolute atomic E-state index is 8.77. The summed E-state index contributed by atoms with van der Waals surface area (Å²) in [5.74, 6) is 0.622. The molecule has 12 heavy (non-hydrogen) atoms. The number of aryl methyl sites for hydroxylation is 1. The third-order valence-corrected chi connectivity index (χ3v) is 1.35. The molecule has 0 saturated heterocycles. The van der Waals surface area contributed by atoms with Gasteiger partial charge in [-0.25, -0.2) is 0 Å². The van der Waals surface area contributed by atoms with Crippen molar-refractivity contribution in [2.45, 2.75) is 13.0 Å². The summed E-state index contributed by atoms with van der Waals surface area (Å²) in [6, 6.07) is 0.975. The van der Waals surface area contributed by atoms with Gasteiger partial charge in [-0.3, -0.25) is 0 Å². The van der Waals surface area contributed by atoms with E-state index in [-0.39, 0.29) is 6.61 Å². The highest BCUT2D eigenvalue weighted by Crippen LogP contribution is 2.15. The number of hydrogen-bond donors (Lipinski definition) is 1. The maximum Gasteiger partial charge on any atom is 0.133 e. The summed E-state index contributed by atoms with van der Waals surface area (Å²) in [7, 11) is 0. The Hall–Kier alpha value is -1.52. The van der Waals surface area contributed by atoms with Gasteiger partial charge in [-0.15, -0.1) is 0 Å². The summed E-state index contributed by atoms with van der Waals surface area (Å²) in [5.41, 5.74) is 8.58. The molecule has 1 aromatic heterocycles. The Morgan fingerprint density at radius 3 is 3.08 bits per heavy atom. The molecule has 6 nitrogen and oxygen atoms in total. The van der Waals surface area contributed by atoms with Crippen molar-refractivity contribution in [1.82, 2.24) is 5.16 Å². The van der Waals surface area contributed by atoms with Crippen LogP contribution < -0.4 is 0 Å². The lowest BCUT2D eigenvalue weighted by molar-refractivity contribution is 0.261. The molecule has 0 aliphatic carbocycles. The zero-order valence-corrected chi connectivity index (χ0v) is 6.51. The number of aliphatic hydroxyl groups is 1. The molecular formula is C6H8N4O2. The van der Waals surface area contributed by atoms with E-state index < -0.39 is 6.04 Å². The van der Waals surface area contributed by atoms with E-state index in [1.807, 2.05) is 0 Å². The quantitative estimate of drug-likeness (QED) is 0.419. The molecule has 1 N–H and O–H groups in total. The van der Waals surface area contributed by atoms with Gasteiger partial charge in [0, 0.05) is 11.0 Å². The van der Waals surface area contributed by atoms with Crippen molar-refractivity contribution in [2.75, 3.05) is 6.61 Å². The predicted molar refractivity (Wildman–Crippen MR) is 40.2 cm³/mol. The van der Waals surface area contributed by atoms with Crippen molar-refractivity contribution in [1.29, 1.82) is 0 Å². The van der Waals surface area contributed by atoms with E-state index in [4.69, 9.17) is 15.2 Å². The molecule has 0 amide bonds. The van der Waals surface area contributed by atoms with Gasteiger partial charge in [0.25, 0.3) is 0 Å². The Morgan fingerprint density at radius 2 is 2.67 bits per heavy atom. The lowest BCUT2D eigenvalue weighted by atomic mass is 10.2. The molecule has 6 heteroatoms. The van der Waals surface area contributed by atoms with Crippen molar-refractivity contribution in [3.8, 4) is 0 Å². The molecule has 0 fully saturated rings. The van der Waals surface area contributed by atoms with Gasteiger partial charge in [-0.05, 0) is 12.5 Å². The third-order valence-electron chi connectivity index (χ3n) is 1.35. The van der Waals surface area contributed by atoms with Gasteiger partial charge in [-0.1, -0.05) is 10.3 Å². The maximum atomic E-state index is 8.77. The first kappa shape index (κ1) is 8.58. The van der Waals surface area contributed by atoms with Gasteiger partial charge >= 0.3 is 0 Å². The normalized spacial score (nSPS) is 12.2. The number of aliphatic hydroxyl groups excluding tert-OH is 1. The fraction of sp³-hybridized carbons (Fsp3) is 0.500. The minimum atomic E-state index is -0.646. The highest BCUT2D eigenvalue weighted by Gasteiger charge is 2.11. The van der Waals surface area contributed by atoms with Crippen LogP contribution in [-0.4, -0.2) is 16.9 Å². The first-order chi connectivity index (χ1) is 5.77. The Labute approximate surface area is 68.4 Å². The van der Waals surface area contributed by atoms with Gasteiger partial charge in [0.1, 0.15) is 11.8 Å². The second kappa shape index (κ2) is 3.75. The Morgan fingerprint density at radius 1 is 1.92 bits per heavy atom. The van der Waals surface area contributed by atoms with E-state index >= 15 is 0 Å². The SMILES string of the molecule is Cc1cc(C(CO)N=[N+]=[N-])no1. The molecule has 0 spiro atoms. The Bertz CT molecular complexity index is 302. The second-order valence-electron chi connectivity index (χ2n) is 2.27. The second-order valence-corrected chi connectivity index (χ2v) is 2.27. The molecule has 0 bridgehead atoms. The van der Waals surface area contributed by atoms with Gasteiger partial charge in [0.2, 0.25) is 0 Å². The van der Waals surface area contributed by atoms with Crippen LogP contribution >= 0.6 is 0 Å². The number of rotatable bonds is 3. The van der Waals surface area contributed by atoms with Crippen molar-refractivity contribution in [2.24, 2.45) is 5.11 Å². The first-order valence-electron chi connectivity index (χ1n) is 3.36. The summed E-state index contributed by atoms with van der Waals surface area (Å²) in [4.78, 5) is 2.58. The van der Waals surface area contributed by atoms with Gasteiger partial charge in [-0.2, -0.15) is 0 Å². The average Bonchev–Trinajstić information content (AvgIpc) is 2.47. The molecule has 0 radical (unpaired) electrons. The smallest absolute Gasteiger partial charge is 0.133 e. The lowest BCUT2D eigenvalue weighted by Gasteiger charge is -1.99. The number of azide groups is 1. The first-order valence-corrected chi connectivity index (χ1v) is 3.36. The highest BCUT2D eigenvalue weighted by molar-refractivity contribution is 5.08. The zero-order valence-electron chi connectivity index (χ0n) is 6.51. The monoisotopic (exact) mass is 168 g/mol. The fourth-order valence-electron chi connectivity index (χ4n) is 0.794. The molecule has 1 unspecified atom stereocenters. The molecule has 1 heterocycles. The molecule has 0 saturated carbocycles. The van der Waals surface area contributed by atoms with Crippen molar-refractivity contribution in [3.05, 3.63) is 28.0 Å². The molecular weight excluding hydrogens is 160 g/mol. The van der Waals surface area contributed by atoms with Crippen LogP contribution in [0.25, 0.3) is 10.4 Å². The highest BCUT2D eigenvalue weighted by atomic mass is 16.5. The molecule has 0 aliphatic rings. The van der Waals surface area contributed by atoms with Crippen LogP contribution in [0, 0.1) is 6.92 Å². The molecule has 0 aromatic carbocycles. The topological polar surface area (TPSA) is 95.0 Å². The van der Waals surface area contributed by atoms with Crippen LogP contribution in [0.5, 0.6) is 0 Å². The summed E-state index contributed by atoms with van der Waals surface area (Å²) >= 11 is 0. The van der Waals surface area contributed by atoms with Crippen molar-refractivity contribution < 1.29 is 9.63 Å². The van der Waals surface area contributed by atoms with E-state index in [0.717, 1.165) is 0 Å². The van der Waals surface area contributed by atoms with Crippen LogP contribution in [0.3, 0.4) is 0 Å². The Balaban J connectivity index is 2.86. The zero-order chi connectivity index (χ0) is 8.97. The minimum Gasteiger partial charge on any atom is -0.396 e. The summed E-state index contributed by atoms with van der Waals surface area (Å²) in [6.07, 6.45) is 0. The van der Waals surface area contributed by atoms with Gasteiger partial charge in [0.15, 0.2) is 0 Å². The van der Waals surface area contributed by atoms with Crippen LogP contribution in [0.4, 0.5) is 0 Å². The summed E-state index contributed by atoms with van der Waals surface area (Å²) in [6.45, 7) is 1.46. The third kappa shape index (κ3) is 1.75. The van der Waals surface area contributed by atoms with Crippen LogP contribution in [0.1, 0.15) is 17.5 Å². The number of aromatic nitrogens is 1. The summed E-state index contributed by atoms with van der Waals surface area (Å²) in [5, 5.41) is 15.7. The van der Waals surface area contributed by atoms with Crippen molar-refractivity contribution in [3.63, 3.8) is 0 Å². The van der Waals surface area contributed by atoms with Gasteiger partial charge < -0.3 is 9.63 Å². The molecule has 1 aromatic rings. The van der Waals surface area contributed by atoms with E-state index in [1.165, 1.54) is 0 Å².